The van der Waals surface area contributed by atoms with Crippen molar-refractivity contribution in [3.8, 4) is 0 Å². The van der Waals surface area contributed by atoms with Crippen molar-refractivity contribution in [3.05, 3.63) is 18.5 Å². The first kappa shape index (κ1) is 11.8. The van der Waals surface area contributed by atoms with E-state index in [0.717, 1.165) is 0 Å². The molecule has 6 nitrogen and oxygen atoms in total. The van der Waals surface area contributed by atoms with Gasteiger partial charge in [0.05, 0.1) is 5.25 Å². The van der Waals surface area contributed by atoms with Crippen LogP contribution in [0, 0.1) is 0 Å². The normalized spacial score (nSPS) is 16.8. The Morgan fingerprint density at radius 2 is 2.24 bits per heavy atom. The number of carbonyl (C=O) groups excluding carboxylic acids is 2. The summed E-state index contributed by atoms with van der Waals surface area (Å²) in [5, 5.41) is 2.76. The highest BCUT2D eigenvalue weighted by Gasteiger charge is 2.30. The third-order valence-electron chi connectivity index (χ3n) is 2.29. The van der Waals surface area contributed by atoms with Gasteiger partial charge in [-0.05, 0) is 13.0 Å². The number of rotatable bonds is 3. The van der Waals surface area contributed by atoms with Crippen molar-refractivity contribution >= 4 is 23.7 Å². The van der Waals surface area contributed by atoms with Crippen LogP contribution in [0.4, 0.5) is 4.79 Å². The lowest BCUT2D eigenvalue weighted by atomic mass is 10.4. The summed E-state index contributed by atoms with van der Waals surface area (Å²) in [5.74, 6) is -0.211. The van der Waals surface area contributed by atoms with Gasteiger partial charge < -0.3 is 5.32 Å². The summed E-state index contributed by atoms with van der Waals surface area (Å²) < 4.78 is 0. The van der Waals surface area contributed by atoms with Crippen molar-refractivity contribution in [3.63, 3.8) is 0 Å². The number of urea groups is 1. The highest BCUT2D eigenvalue weighted by molar-refractivity contribution is 8.00. The van der Waals surface area contributed by atoms with Gasteiger partial charge in [-0.1, -0.05) is 11.8 Å². The van der Waals surface area contributed by atoms with Gasteiger partial charge in [0.1, 0.15) is 0 Å². The Kier molecular flexibility index (Phi) is 3.58. The molecule has 0 spiro atoms. The van der Waals surface area contributed by atoms with Gasteiger partial charge in [0, 0.05) is 25.5 Å². The fourth-order valence-electron chi connectivity index (χ4n) is 1.46. The second kappa shape index (κ2) is 5.13. The van der Waals surface area contributed by atoms with Crippen LogP contribution in [0.5, 0.6) is 0 Å². The second-order valence-electron chi connectivity index (χ2n) is 3.51. The fraction of sp³-hybridized carbons (Fsp3) is 0.400. The molecule has 0 radical (unpaired) electrons. The molecule has 1 fully saturated rings. The minimum Gasteiger partial charge on any atom is -0.336 e. The Morgan fingerprint density at radius 3 is 2.82 bits per heavy atom. The van der Waals surface area contributed by atoms with Crippen molar-refractivity contribution in [2.45, 2.75) is 17.3 Å². The molecule has 0 aromatic carbocycles. The van der Waals surface area contributed by atoms with Crippen molar-refractivity contribution in [1.29, 1.82) is 0 Å². The molecule has 1 atom stereocenters. The van der Waals surface area contributed by atoms with Crippen molar-refractivity contribution < 1.29 is 9.59 Å². The standard InChI is InChI=1S/C10H12N4O2S/c1-7(17-9-11-3-2-4-12-9)8(15)14-6-5-13-10(14)16/h2-4,7H,5-6H2,1H3,(H,13,16). The molecule has 0 bridgehead atoms. The number of thioether (sulfide) groups is 1. The molecule has 17 heavy (non-hydrogen) atoms. The summed E-state index contributed by atoms with van der Waals surface area (Å²) in [6.07, 6.45) is 3.24. The molecule has 1 aromatic heterocycles. The van der Waals surface area contributed by atoms with Crippen molar-refractivity contribution in [2.75, 3.05) is 13.1 Å². The number of carbonyl (C=O) groups is 2. The SMILES string of the molecule is CC(Sc1ncccn1)C(=O)N1CCNC1=O. The molecule has 1 aliphatic heterocycles. The van der Waals surface area contributed by atoms with Crippen LogP contribution in [0.15, 0.2) is 23.6 Å². The van der Waals surface area contributed by atoms with Gasteiger partial charge in [-0.2, -0.15) is 0 Å². The molecule has 0 aliphatic carbocycles. The maximum Gasteiger partial charge on any atom is 0.324 e. The first-order valence-corrected chi connectivity index (χ1v) is 6.09. The van der Waals surface area contributed by atoms with Gasteiger partial charge in [-0.25, -0.2) is 14.8 Å². The predicted octanol–water partition coefficient (Wildman–Crippen LogP) is 0.509. The van der Waals surface area contributed by atoms with Crippen molar-refractivity contribution in [2.24, 2.45) is 0 Å². The van der Waals surface area contributed by atoms with Crippen molar-refractivity contribution in [1.82, 2.24) is 20.2 Å². The molecule has 2 rings (SSSR count). The Hall–Kier alpha value is -1.63. The van der Waals surface area contributed by atoms with E-state index in [-0.39, 0.29) is 17.2 Å². The number of nitrogens with zero attached hydrogens (tertiary/aromatic N) is 3. The van der Waals surface area contributed by atoms with Gasteiger partial charge >= 0.3 is 6.03 Å². The maximum atomic E-state index is 11.9. The number of nitrogens with one attached hydrogen (secondary N) is 1. The van der Waals surface area contributed by atoms with Gasteiger partial charge in [-0.3, -0.25) is 9.69 Å². The smallest absolute Gasteiger partial charge is 0.324 e. The monoisotopic (exact) mass is 252 g/mol. The molecule has 1 unspecified atom stereocenters. The van der Waals surface area contributed by atoms with Gasteiger partial charge in [-0.15, -0.1) is 0 Å². The van der Waals surface area contributed by atoms with E-state index >= 15 is 0 Å². The van der Waals surface area contributed by atoms with Gasteiger partial charge in [0.15, 0.2) is 5.16 Å². The van der Waals surface area contributed by atoms with Crippen LogP contribution in [-0.4, -0.2) is 45.1 Å². The minimum atomic E-state index is -0.374. The number of aromatic nitrogens is 2. The Morgan fingerprint density at radius 1 is 1.53 bits per heavy atom. The van der Waals surface area contributed by atoms with Crippen LogP contribution in [0.1, 0.15) is 6.92 Å². The molecule has 90 valence electrons. The lowest BCUT2D eigenvalue weighted by molar-refractivity contribution is -0.126. The van der Waals surface area contributed by atoms with Crippen LogP contribution in [0.2, 0.25) is 0 Å². The largest absolute Gasteiger partial charge is 0.336 e. The molecule has 2 heterocycles. The maximum absolute atomic E-state index is 11.9. The Bertz CT molecular complexity index is 426. The number of imide groups is 1. The summed E-state index contributed by atoms with van der Waals surface area (Å²) in [6, 6.07) is 1.39. The first-order valence-electron chi connectivity index (χ1n) is 5.21. The minimum absolute atomic E-state index is 0.211. The van der Waals surface area contributed by atoms with Crippen LogP contribution in [0.3, 0.4) is 0 Å². The third-order valence-corrected chi connectivity index (χ3v) is 3.27. The van der Waals surface area contributed by atoms with Gasteiger partial charge in [0.2, 0.25) is 5.91 Å². The van der Waals surface area contributed by atoms with Crippen LogP contribution in [0.25, 0.3) is 0 Å². The molecule has 3 amide bonds. The Labute approximate surface area is 103 Å². The predicted molar refractivity (Wildman–Crippen MR) is 62.5 cm³/mol. The second-order valence-corrected chi connectivity index (χ2v) is 4.82. The molecule has 0 saturated carbocycles. The Balaban J connectivity index is 1.98. The first-order chi connectivity index (χ1) is 8.18. The molecule has 1 aliphatic rings. The van der Waals surface area contributed by atoms with Gasteiger partial charge in [0.25, 0.3) is 0 Å². The average molecular weight is 252 g/mol. The highest BCUT2D eigenvalue weighted by Crippen LogP contribution is 2.20. The van der Waals surface area contributed by atoms with E-state index in [0.29, 0.717) is 18.2 Å². The lowest BCUT2D eigenvalue weighted by Crippen LogP contribution is -2.39. The van der Waals surface area contributed by atoms with E-state index in [1.54, 1.807) is 25.4 Å². The summed E-state index contributed by atoms with van der Waals surface area (Å²) in [6.45, 7) is 2.69. The van der Waals surface area contributed by atoms with E-state index in [1.807, 2.05) is 0 Å². The highest BCUT2D eigenvalue weighted by atomic mass is 32.2. The lowest BCUT2D eigenvalue weighted by Gasteiger charge is -2.16. The van der Waals surface area contributed by atoms with E-state index in [4.69, 9.17) is 0 Å². The zero-order valence-electron chi connectivity index (χ0n) is 9.29. The molecular formula is C10H12N4O2S. The van der Waals surface area contributed by atoms with Crippen LogP contribution in [-0.2, 0) is 4.79 Å². The zero-order valence-corrected chi connectivity index (χ0v) is 10.1. The molecule has 7 heteroatoms. The number of hydrogen-bond acceptors (Lipinski definition) is 5. The van der Waals surface area contributed by atoms with E-state index in [9.17, 15) is 9.59 Å². The summed E-state index contributed by atoms with van der Waals surface area (Å²) in [5.41, 5.74) is 0. The number of amides is 3. The van der Waals surface area contributed by atoms with E-state index in [1.165, 1.54) is 16.7 Å². The average Bonchev–Trinajstić information content (AvgIpc) is 2.76. The molecule has 1 saturated heterocycles. The van der Waals surface area contributed by atoms with Crippen LogP contribution >= 0.6 is 11.8 Å². The fourth-order valence-corrected chi connectivity index (χ4v) is 2.24. The molecule has 1 aromatic rings. The topological polar surface area (TPSA) is 75.2 Å². The zero-order chi connectivity index (χ0) is 12.3. The summed E-state index contributed by atoms with van der Waals surface area (Å²) in [4.78, 5) is 32.6. The van der Waals surface area contributed by atoms with E-state index < -0.39 is 0 Å². The molecule has 1 N–H and O–H groups in total. The summed E-state index contributed by atoms with van der Waals surface area (Å²) >= 11 is 1.25. The summed E-state index contributed by atoms with van der Waals surface area (Å²) in [7, 11) is 0. The quantitative estimate of drug-likeness (QED) is 0.626. The third kappa shape index (κ3) is 2.73. The van der Waals surface area contributed by atoms with E-state index in [2.05, 4.69) is 15.3 Å². The number of hydrogen-bond donors (Lipinski definition) is 1. The molecular weight excluding hydrogens is 240 g/mol. The van der Waals surface area contributed by atoms with Crippen LogP contribution < -0.4 is 5.32 Å².